The fourth-order valence-electron chi connectivity index (χ4n) is 2.60. The van der Waals surface area contributed by atoms with Gasteiger partial charge in [-0.1, -0.05) is 32.0 Å². The van der Waals surface area contributed by atoms with E-state index in [9.17, 15) is 0 Å². The molecule has 104 valence electrons. The van der Waals surface area contributed by atoms with E-state index >= 15 is 0 Å². The van der Waals surface area contributed by atoms with Crippen molar-refractivity contribution in [3.8, 4) is 0 Å². The van der Waals surface area contributed by atoms with Crippen molar-refractivity contribution in [2.75, 3.05) is 11.9 Å². The number of thiocarbonyl (C=S) groups is 1. The fourth-order valence-corrected chi connectivity index (χ4v) is 3.25. The topological polar surface area (TPSA) is 38.0 Å². The van der Waals surface area contributed by atoms with Crippen LogP contribution in [0.4, 0.5) is 5.69 Å². The number of rotatable bonds is 4. The SMILES string of the molecule is CC1CCC(CNc2ccc(C(N)=S)cc2Br)CC1. The second kappa shape index (κ2) is 6.71. The minimum Gasteiger partial charge on any atom is -0.389 e. The lowest BCUT2D eigenvalue weighted by atomic mass is 9.83. The molecule has 0 aromatic heterocycles. The summed E-state index contributed by atoms with van der Waals surface area (Å²) in [6.07, 6.45) is 5.43. The van der Waals surface area contributed by atoms with Crippen LogP contribution in [0.1, 0.15) is 38.2 Å². The normalized spacial score (nSPS) is 23.1. The highest BCUT2D eigenvalue weighted by Crippen LogP contribution is 2.29. The second-order valence-electron chi connectivity index (χ2n) is 5.57. The Morgan fingerprint density at radius 3 is 2.63 bits per heavy atom. The van der Waals surface area contributed by atoms with Crippen LogP contribution in [0.25, 0.3) is 0 Å². The van der Waals surface area contributed by atoms with Gasteiger partial charge in [0.2, 0.25) is 0 Å². The van der Waals surface area contributed by atoms with Gasteiger partial charge >= 0.3 is 0 Å². The van der Waals surface area contributed by atoms with Crippen molar-refractivity contribution in [2.24, 2.45) is 17.6 Å². The summed E-state index contributed by atoms with van der Waals surface area (Å²) in [5.41, 5.74) is 7.65. The summed E-state index contributed by atoms with van der Waals surface area (Å²) in [6, 6.07) is 6.00. The monoisotopic (exact) mass is 340 g/mol. The van der Waals surface area contributed by atoms with Gasteiger partial charge in [-0.05, 0) is 58.8 Å². The van der Waals surface area contributed by atoms with Crippen LogP contribution in [0, 0.1) is 11.8 Å². The Morgan fingerprint density at radius 2 is 2.05 bits per heavy atom. The van der Waals surface area contributed by atoms with Crippen LogP contribution < -0.4 is 11.1 Å². The van der Waals surface area contributed by atoms with Gasteiger partial charge in [0.05, 0.1) is 0 Å². The van der Waals surface area contributed by atoms with Gasteiger partial charge in [-0.15, -0.1) is 0 Å². The van der Waals surface area contributed by atoms with Crippen LogP contribution >= 0.6 is 28.1 Å². The average Bonchev–Trinajstić information content (AvgIpc) is 2.39. The zero-order valence-corrected chi connectivity index (χ0v) is 13.7. The second-order valence-corrected chi connectivity index (χ2v) is 6.86. The molecule has 0 saturated heterocycles. The summed E-state index contributed by atoms with van der Waals surface area (Å²) < 4.78 is 1.03. The molecule has 0 atom stereocenters. The third kappa shape index (κ3) is 4.18. The van der Waals surface area contributed by atoms with E-state index in [0.29, 0.717) is 4.99 Å². The summed E-state index contributed by atoms with van der Waals surface area (Å²) in [5.74, 6) is 1.71. The van der Waals surface area contributed by atoms with E-state index in [1.165, 1.54) is 25.7 Å². The highest BCUT2D eigenvalue weighted by Gasteiger charge is 2.18. The lowest BCUT2D eigenvalue weighted by molar-refractivity contribution is 0.300. The largest absolute Gasteiger partial charge is 0.389 e. The van der Waals surface area contributed by atoms with Crippen molar-refractivity contribution in [1.29, 1.82) is 0 Å². The maximum Gasteiger partial charge on any atom is 0.104 e. The summed E-state index contributed by atoms with van der Waals surface area (Å²) in [6.45, 7) is 3.41. The van der Waals surface area contributed by atoms with Crippen molar-refractivity contribution < 1.29 is 0 Å². The van der Waals surface area contributed by atoms with E-state index in [-0.39, 0.29) is 0 Å². The maximum atomic E-state index is 5.63. The van der Waals surface area contributed by atoms with Gasteiger partial charge in [0.15, 0.2) is 0 Å². The number of nitrogens with one attached hydrogen (secondary N) is 1. The Kier molecular flexibility index (Phi) is 5.22. The van der Waals surface area contributed by atoms with Crippen LogP contribution in [0.2, 0.25) is 0 Å². The number of halogens is 1. The fraction of sp³-hybridized carbons (Fsp3) is 0.533. The van der Waals surface area contributed by atoms with Gasteiger partial charge in [0, 0.05) is 22.3 Å². The van der Waals surface area contributed by atoms with E-state index < -0.39 is 0 Å². The van der Waals surface area contributed by atoms with Gasteiger partial charge in [0.1, 0.15) is 4.99 Å². The molecule has 1 aliphatic rings. The zero-order valence-electron chi connectivity index (χ0n) is 11.3. The van der Waals surface area contributed by atoms with Gasteiger partial charge in [-0.3, -0.25) is 0 Å². The number of nitrogens with two attached hydrogens (primary N) is 1. The molecule has 0 heterocycles. The zero-order chi connectivity index (χ0) is 13.8. The van der Waals surface area contributed by atoms with Crippen LogP contribution in [-0.4, -0.2) is 11.5 Å². The Labute approximate surface area is 129 Å². The maximum absolute atomic E-state index is 5.63. The number of hydrogen-bond acceptors (Lipinski definition) is 2. The molecule has 4 heteroatoms. The molecule has 1 aromatic carbocycles. The first-order chi connectivity index (χ1) is 9.06. The molecular formula is C15H21BrN2S. The third-order valence-electron chi connectivity index (χ3n) is 3.97. The molecule has 1 aliphatic carbocycles. The highest BCUT2D eigenvalue weighted by atomic mass is 79.9. The minimum atomic E-state index is 0.438. The van der Waals surface area contributed by atoms with E-state index in [1.807, 2.05) is 18.2 Å². The van der Waals surface area contributed by atoms with Gasteiger partial charge in [-0.2, -0.15) is 0 Å². The Morgan fingerprint density at radius 1 is 1.37 bits per heavy atom. The lowest BCUT2D eigenvalue weighted by Gasteiger charge is -2.26. The third-order valence-corrected chi connectivity index (χ3v) is 4.86. The van der Waals surface area contributed by atoms with E-state index in [2.05, 4.69) is 28.2 Å². The van der Waals surface area contributed by atoms with Gasteiger partial charge in [0.25, 0.3) is 0 Å². The van der Waals surface area contributed by atoms with Gasteiger partial charge in [-0.25, -0.2) is 0 Å². The quantitative estimate of drug-likeness (QED) is 0.801. The summed E-state index contributed by atoms with van der Waals surface area (Å²) in [5, 5.41) is 3.53. The smallest absolute Gasteiger partial charge is 0.104 e. The van der Waals surface area contributed by atoms with Crippen molar-refractivity contribution in [3.05, 3.63) is 28.2 Å². The molecule has 0 radical (unpaired) electrons. The summed E-state index contributed by atoms with van der Waals surface area (Å²) in [4.78, 5) is 0.438. The van der Waals surface area contributed by atoms with Crippen molar-refractivity contribution >= 4 is 38.8 Å². The average molecular weight is 341 g/mol. The predicted octanol–water partition coefficient (Wildman–Crippen LogP) is 4.32. The number of benzene rings is 1. The minimum absolute atomic E-state index is 0.438. The molecule has 19 heavy (non-hydrogen) atoms. The van der Waals surface area contributed by atoms with E-state index in [4.69, 9.17) is 18.0 Å². The molecule has 2 rings (SSSR count). The predicted molar refractivity (Wildman–Crippen MR) is 89.6 cm³/mol. The molecule has 0 spiro atoms. The van der Waals surface area contributed by atoms with Crippen LogP contribution in [0.15, 0.2) is 22.7 Å². The van der Waals surface area contributed by atoms with E-state index in [1.54, 1.807) is 0 Å². The number of anilines is 1. The van der Waals surface area contributed by atoms with Crippen LogP contribution in [-0.2, 0) is 0 Å². The first-order valence-electron chi connectivity index (χ1n) is 6.89. The Bertz CT molecular complexity index is 453. The standard InChI is InChI=1S/C15H21BrN2S/c1-10-2-4-11(5-3-10)9-18-14-7-6-12(15(17)19)8-13(14)16/h6-8,10-11,18H,2-5,9H2,1H3,(H2,17,19). The molecule has 0 amide bonds. The van der Waals surface area contributed by atoms with Crippen molar-refractivity contribution in [2.45, 2.75) is 32.6 Å². The summed E-state index contributed by atoms with van der Waals surface area (Å²) in [7, 11) is 0. The first-order valence-corrected chi connectivity index (χ1v) is 8.09. The summed E-state index contributed by atoms with van der Waals surface area (Å²) >= 11 is 8.55. The Hall–Kier alpha value is -0.610. The molecule has 1 saturated carbocycles. The van der Waals surface area contributed by atoms with Crippen molar-refractivity contribution in [3.63, 3.8) is 0 Å². The molecule has 0 bridgehead atoms. The van der Waals surface area contributed by atoms with Crippen LogP contribution in [0.3, 0.4) is 0 Å². The molecular weight excluding hydrogens is 320 g/mol. The van der Waals surface area contributed by atoms with Gasteiger partial charge < -0.3 is 11.1 Å². The first kappa shape index (κ1) is 14.8. The van der Waals surface area contributed by atoms with Crippen LogP contribution in [0.5, 0.6) is 0 Å². The Balaban J connectivity index is 1.91. The van der Waals surface area contributed by atoms with E-state index in [0.717, 1.165) is 34.1 Å². The number of hydrogen-bond donors (Lipinski definition) is 2. The molecule has 2 nitrogen and oxygen atoms in total. The van der Waals surface area contributed by atoms with Crippen molar-refractivity contribution in [1.82, 2.24) is 0 Å². The highest BCUT2D eigenvalue weighted by molar-refractivity contribution is 9.10. The molecule has 1 aromatic rings. The molecule has 3 N–H and O–H groups in total. The molecule has 0 unspecified atom stereocenters. The molecule has 0 aliphatic heterocycles. The molecule has 1 fully saturated rings. The lowest BCUT2D eigenvalue weighted by Crippen LogP contribution is -2.20.